The van der Waals surface area contributed by atoms with Gasteiger partial charge in [-0.3, -0.25) is 0 Å². The molecule has 4 heteroatoms. The Balaban J connectivity index is 1.77. The summed E-state index contributed by atoms with van der Waals surface area (Å²) in [7, 11) is 0. The van der Waals surface area contributed by atoms with Crippen LogP contribution in [0.5, 0.6) is 11.5 Å². The molecule has 1 saturated heterocycles. The summed E-state index contributed by atoms with van der Waals surface area (Å²) in [5, 5.41) is 3.55. The number of piperidine rings is 1. The van der Waals surface area contributed by atoms with Crippen LogP contribution >= 0.6 is 15.9 Å². The lowest BCUT2D eigenvalue weighted by atomic mass is 9.85. The van der Waals surface area contributed by atoms with Gasteiger partial charge in [0.15, 0.2) is 0 Å². The molecule has 3 aliphatic heterocycles. The highest BCUT2D eigenvalue weighted by Crippen LogP contribution is 2.47. The first kappa shape index (κ1) is 14.8. The van der Waals surface area contributed by atoms with Gasteiger partial charge in [0.2, 0.25) is 0 Å². The van der Waals surface area contributed by atoms with Gasteiger partial charge in [0.25, 0.3) is 0 Å². The predicted molar refractivity (Wildman–Crippen MR) is 91.1 cm³/mol. The Hall–Kier alpha value is -0.740. The molecule has 1 unspecified atom stereocenters. The Morgan fingerprint density at radius 3 is 2.55 bits per heavy atom. The van der Waals surface area contributed by atoms with Crippen LogP contribution < -0.4 is 14.8 Å². The molecule has 3 nitrogen and oxygen atoms in total. The fourth-order valence-electron chi connectivity index (χ4n) is 4.09. The number of nitrogens with one attached hydrogen (secondary N) is 1. The average Bonchev–Trinajstić information content (AvgIpc) is 2.59. The van der Waals surface area contributed by atoms with Gasteiger partial charge in [-0.1, -0.05) is 0 Å². The summed E-state index contributed by atoms with van der Waals surface area (Å²) in [6, 6.07) is 0. The van der Waals surface area contributed by atoms with Crippen molar-refractivity contribution in [2.24, 2.45) is 5.92 Å². The van der Waals surface area contributed by atoms with E-state index in [0.717, 1.165) is 68.0 Å². The Morgan fingerprint density at radius 2 is 1.77 bits per heavy atom. The maximum atomic E-state index is 6.14. The minimum Gasteiger partial charge on any atom is -0.493 e. The summed E-state index contributed by atoms with van der Waals surface area (Å²) in [5.74, 6) is 3.01. The molecule has 22 heavy (non-hydrogen) atoms. The monoisotopic (exact) mass is 365 g/mol. The minimum atomic E-state index is 0.732. The lowest BCUT2D eigenvalue weighted by Crippen LogP contribution is -2.31. The lowest BCUT2D eigenvalue weighted by Gasteiger charge is -2.31. The molecule has 0 bridgehead atoms. The van der Waals surface area contributed by atoms with Crippen molar-refractivity contribution >= 4 is 15.9 Å². The minimum absolute atomic E-state index is 0.732. The largest absolute Gasteiger partial charge is 0.493 e. The number of ether oxygens (including phenoxy) is 2. The normalized spacial score (nSPS) is 24.0. The zero-order valence-corrected chi connectivity index (χ0v) is 14.6. The van der Waals surface area contributed by atoms with E-state index in [9.17, 15) is 0 Å². The van der Waals surface area contributed by atoms with E-state index in [1.54, 1.807) is 0 Å². The van der Waals surface area contributed by atoms with E-state index in [0.29, 0.717) is 0 Å². The van der Waals surface area contributed by atoms with Gasteiger partial charge in [0.1, 0.15) is 11.5 Å². The highest BCUT2D eigenvalue weighted by Gasteiger charge is 2.29. The molecule has 3 aliphatic rings. The molecule has 120 valence electrons. The van der Waals surface area contributed by atoms with Gasteiger partial charge >= 0.3 is 0 Å². The van der Waals surface area contributed by atoms with Crippen LogP contribution in [-0.2, 0) is 19.3 Å². The summed E-state index contributed by atoms with van der Waals surface area (Å²) in [4.78, 5) is 0. The molecule has 1 aromatic carbocycles. The quantitative estimate of drug-likeness (QED) is 0.867. The van der Waals surface area contributed by atoms with E-state index in [1.807, 2.05) is 0 Å². The molecule has 3 heterocycles. The van der Waals surface area contributed by atoms with Gasteiger partial charge in [-0.15, -0.1) is 0 Å². The molecule has 4 rings (SSSR count). The smallest absolute Gasteiger partial charge is 0.137 e. The maximum Gasteiger partial charge on any atom is 0.137 e. The Bertz CT molecular complexity index is 530. The summed E-state index contributed by atoms with van der Waals surface area (Å²) in [6.45, 7) is 4.01. The van der Waals surface area contributed by atoms with Crippen LogP contribution in [0.3, 0.4) is 0 Å². The van der Waals surface area contributed by atoms with Gasteiger partial charge in [-0.05, 0) is 79.9 Å². The van der Waals surface area contributed by atoms with Gasteiger partial charge < -0.3 is 14.8 Å². The summed E-state index contributed by atoms with van der Waals surface area (Å²) in [5.41, 5.74) is 4.19. The number of rotatable bonds is 2. The van der Waals surface area contributed by atoms with Crippen LogP contribution in [0.25, 0.3) is 0 Å². The van der Waals surface area contributed by atoms with Gasteiger partial charge in [0, 0.05) is 16.7 Å². The van der Waals surface area contributed by atoms with Crippen molar-refractivity contribution in [1.29, 1.82) is 0 Å². The molecule has 1 aromatic rings. The molecule has 0 amide bonds. The zero-order valence-electron chi connectivity index (χ0n) is 13.0. The molecular weight excluding hydrogens is 342 g/mol. The van der Waals surface area contributed by atoms with Crippen LogP contribution in [0.2, 0.25) is 0 Å². The van der Waals surface area contributed by atoms with E-state index < -0.39 is 0 Å². The molecule has 0 aromatic heterocycles. The highest BCUT2D eigenvalue weighted by atomic mass is 79.9. The van der Waals surface area contributed by atoms with Gasteiger partial charge in [-0.2, -0.15) is 0 Å². The van der Waals surface area contributed by atoms with Crippen LogP contribution in [0, 0.1) is 5.92 Å². The third-order valence-corrected chi connectivity index (χ3v) is 6.02. The third-order valence-electron chi connectivity index (χ3n) is 5.18. The van der Waals surface area contributed by atoms with Crippen LogP contribution in [0.4, 0.5) is 0 Å². The van der Waals surface area contributed by atoms with Crippen molar-refractivity contribution in [2.45, 2.75) is 44.9 Å². The first-order valence-electron chi connectivity index (χ1n) is 8.67. The molecule has 0 aliphatic carbocycles. The molecular formula is C18H24BrNO2. The summed E-state index contributed by atoms with van der Waals surface area (Å²) in [6.07, 6.45) is 8.20. The lowest BCUT2D eigenvalue weighted by molar-refractivity contribution is 0.264. The van der Waals surface area contributed by atoms with Crippen LogP contribution in [0.15, 0.2) is 4.47 Å². The van der Waals surface area contributed by atoms with Crippen molar-refractivity contribution in [1.82, 2.24) is 5.32 Å². The first-order chi connectivity index (χ1) is 10.8. The summed E-state index contributed by atoms with van der Waals surface area (Å²) >= 11 is 3.79. The molecule has 1 fully saturated rings. The number of hydrogen-bond acceptors (Lipinski definition) is 3. The van der Waals surface area contributed by atoms with E-state index in [-0.39, 0.29) is 0 Å². The molecule has 1 atom stereocenters. The highest BCUT2D eigenvalue weighted by molar-refractivity contribution is 9.10. The number of halogens is 1. The first-order valence-corrected chi connectivity index (χ1v) is 9.46. The van der Waals surface area contributed by atoms with Crippen LogP contribution in [-0.4, -0.2) is 26.3 Å². The predicted octanol–water partition coefficient (Wildman–Crippen LogP) is 3.64. The Morgan fingerprint density at radius 1 is 1.00 bits per heavy atom. The van der Waals surface area contributed by atoms with Gasteiger partial charge in [0.05, 0.1) is 17.7 Å². The molecule has 1 N–H and O–H groups in total. The van der Waals surface area contributed by atoms with E-state index in [4.69, 9.17) is 9.47 Å². The second-order valence-corrected chi connectivity index (χ2v) is 7.52. The van der Waals surface area contributed by atoms with E-state index in [1.165, 1.54) is 41.8 Å². The average molecular weight is 366 g/mol. The van der Waals surface area contributed by atoms with Crippen molar-refractivity contribution in [3.63, 3.8) is 0 Å². The molecule has 0 spiro atoms. The third kappa shape index (κ3) is 2.65. The fourth-order valence-corrected chi connectivity index (χ4v) is 4.82. The zero-order chi connectivity index (χ0) is 14.9. The van der Waals surface area contributed by atoms with Crippen molar-refractivity contribution in [2.75, 3.05) is 26.3 Å². The molecule has 0 saturated carbocycles. The number of fused-ring (bicyclic) bond motifs is 2. The van der Waals surface area contributed by atoms with Crippen LogP contribution in [0.1, 0.15) is 42.4 Å². The van der Waals surface area contributed by atoms with Crippen molar-refractivity contribution in [3.8, 4) is 11.5 Å². The van der Waals surface area contributed by atoms with Crippen molar-refractivity contribution in [3.05, 3.63) is 21.2 Å². The SMILES string of the molecule is Brc1c2c(c(CC3CCCNC3)c3c1OCCC3)OCCC2. The molecule has 0 radical (unpaired) electrons. The number of hydrogen-bond donors (Lipinski definition) is 1. The summed E-state index contributed by atoms with van der Waals surface area (Å²) < 4.78 is 13.3. The fraction of sp³-hybridized carbons (Fsp3) is 0.667. The van der Waals surface area contributed by atoms with E-state index >= 15 is 0 Å². The standard InChI is InChI=1S/C18H24BrNO2/c19-16-14-6-3-8-21-17(14)15(10-12-4-1-7-20-11-12)13-5-2-9-22-18(13)16/h12,20H,1-11H2. The van der Waals surface area contributed by atoms with Gasteiger partial charge in [-0.25, -0.2) is 0 Å². The van der Waals surface area contributed by atoms with Crippen molar-refractivity contribution < 1.29 is 9.47 Å². The topological polar surface area (TPSA) is 30.5 Å². The van der Waals surface area contributed by atoms with E-state index in [2.05, 4.69) is 21.2 Å². The Kier molecular flexibility index (Phi) is 4.32. The second-order valence-electron chi connectivity index (χ2n) is 6.73. The Labute approximate surface area is 140 Å². The maximum absolute atomic E-state index is 6.14. The number of benzene rings is 1. The second kappa shape index (κ2) is 6.40.